The highest BCUT2D eigenvalue weighted by atomic mass is 32.2. The van der Waals surface area contributed by atoms with Crippen LogP contribution in [0.15, 0.2) is 41.3 Å². The fraction of sp³-hybridized carbons (Fsp3) is 0.176. The third kappa shape index (κ3) is 3.96. The third-order valence-electron chi connectivity index (χ3n) is 3.60. The van der Waals surface area contributed by atoms with Crippen LogP contribution in [0, 0.1) is 0 Å². The molecule has 0 atom stereocenters. The van der Waals surface area contributed by atoms with Gasteiger partial charge in [0, 0.05) is 0 Å². The Hall–Kier alpha value is -2.85. The van der Waals surface area contributed by atoms with E-state index in [2.05, 4.69) is 9.71 Å². The number of thiazole rings is 1. The molecule has 0 saturated heterocycles. The molecule has 0 radical (unpaired) electrons. The quantitative estimate of drug-likeness (QED) is 0.617. The molecule has 0 aliphatic rings. The second kappa shape index (κ2) is 7.41. The summed E-state index contributed by atoms with van der Waals surface area (Å²) in [5.74, 6) is -0.540. The Labute approximate surface area is 159 Å². The molecule has 142 valence electrons. The van der Waals surface area contributed by atoms with Crippen molar-refractivity contribution < 1.29 is 27.8 Å². The molecule has 0 amide bonds. The van der Waals surface area contributed by atoms with E-state index in [-0.39, 0.29) is 21.3 Å². The average molecular weight is 408 g/mol. The third-order valence-corrected chi connectivity index (χ3v) is 6.00. The van der Waals surface area contributed by atoms with Gasteiger partial charge in [-0.25, -0.2) is 18.2 Å². The van der Waals surface area contributed by atoms with Crippen molar-refractivity contribution in [2.45, 2.75) is 11.8 Å². The van der Waals surface area contributed by atoms with Crippen LogP contribution in [0.2, 0.25) is 0 Å². The number of hydrogen-bond donors (Lipinski definition) is 2. The Morgan fingerprint density at radius 1 is 1.26 bits per heavy atom. The van der Waals surface area contributed by atoms with Crippen LogP contribution in [-0.4, -0.2) is 38.2 Å². The maximum absolute atomic E-state index is 12.6. The zero-order chi connectivity index (χ0) is 19.6. The van der Waals surface area contributed by atoms with E-state index >= 15 is 0 Å². The van der Waals surface area contributed by atoms with Gasteiger partial charge in [0.25, 0.3) is 10.0 Å². The van der Waals surface area contributed by atoms with Crippen molar-refractivity contribution in [3.05, 3.63) is 42.0 Å². The van der Waals surface area contributed by atoms with E-state index in [1.165, 1.54) is 19.2 Å². The van der Waals surface area contributed by atoms with Gasteiger partial charge in [-0.3, -0.25) is 4.72 Å². The number of hydrogen-bond acceptors (Lipinski definition) is 7. The number of rotatable bonds is 7. The molecule has 8 nitrogen and oxygen atoms in total. The lowest BCUT2D eigenvalue weighted by atomic mass is 10.2. The summed E-state index contributed by atoms with van der Waals surface area (Å²) in [4.78, 5) is 15.4. The van der Waals surface area contributed by atoms with Crippen molar-refractivity contribution in [3.63, 3.8) is 0 Å². The van der Waals surface area contributed by atoms with Gasteiger partial charge in [0.15, 0.2) is 5.13 Å². The van der Waals surface area contributed by atoms with Gasteiger partial charge in [0.2, 0.25) is 0 Å². The number of carboxylic acids is 1. The molecular formula is C17H16N2O6S2. The van der Waals surface area contributed by atoms with E-state index in [1.807, 2.05) is 6.92 Å². The van der Waals surface area contributed by atoms with Gasteiger partial charge in [-0.15, -0.1) is 0 Å². The summed E-state index contributed by atoms with van der Waals surface area (Å²) in [5, 5.41) is 9.40. The van der Waals surface area contributed by atoms with E-state index in [4.69, 9.17) is 9.47 Å². The Bertz CT molecular complexity index is 1110. The molecule has 27 heavy (non-hydrogen) atoms. The van der Waals surface area contributed by atoms with E-state index < -0.39 is 16.0 Å². The predicted octanol–water partition coefficient (Wildman–Crippen LogP) is 3.20. The number of carbonyl (C=O) groups is 1. The Morgan fingerprint density at radius 2 is 2.04 bits per heavy atom. The maximum atomic E-state index is 12.6. The van der Waals surface area contributed by atoms with Crippen molar-refractivity contribution in [1.29, 1.82) is 0 Å². The van der Waals surface area contributed by atoms with Crippen LogP contribution < -0.4 is 14.2 Å². The van der Waals surface area contributed by atoms with E-state index in [0.717, 1.165) is 22.1 Å². The summed E-state index contributed by atoms with van der Waals surface area (Å²) in [7, 11) is -2.70. The number of aromatic carboxylic acids is 1. The number of carboxylic acid groups (broad SMARTS) is 1. The first-order valence-corrected chi connectivity index (χ1v) is 10.1. The SMILES string of the molecule is CCOc1ccc2nc(NS(=O)(=O)c3ccc(OC)c(C(=O)O)c3)sc2c1. The predicted molar refractivity (Wildman–Crippen MR) is 102 cm³/mol. The lowest BCUT2D eigenvalue weighted by molar-refractivity contribution is 0.0693. The molecule has 0 saturated carbocycles. The number of sulfonamides is 1. The van der Waals surface area contributed by atoms with Crippen LogP contribution >= 0.6 is 11.3 Å². The van der Waals surface area contributed by atoms with E-state index in [1.54, 1.807) is 18.2 Å². The summed E-state index contributed by atoms with van der Waals surface area (Å²) in [6.07, 6.45) is 0. The Kier molecular flexibility index (Phi) is 5.19. The highest BCUT2D eigenvalue weighted by molar-refractivity contribution is 7.93. The van der Waals surface area contributed by atoms with Gasteiger partial charge in [-0.2, -0.15) is 0 Å². The highest BCUT2D eigenvalue weighted by Crippen LogP contribution is 2.31. The number of nitrogens with zero attached hydrogens (tertiary/aromatic N) is 1. The maximum Gasteiger partial charge on any atom is 0.339 e. The summed E-state index contributed by atoms with van der Waals surface area (Å²) < 4.78 is 38.8. The lowest BCUT2D eigenvalue weighted by Gasteiger charge is -2.09. The molecule has 0 bridgehead atoms. The normalized spacial score (nSPS) is 11.3. The number of methoxy groups -OCH3 is 1. The molecular weight excluding hydrogens is 392 g/mol. The van der Waals surface area contributed by atoms with Crippen molar-refractivity contribution in [2.24, 2.45) is 0 Å². The molecule has 3 rings (SSSR count). The molecule has 10 heteroatoms. The first-order chi connectivity index (χ1) is 12.8. The Balaban J connectivity index is 1.93. The summed E-state index contributed by atoms with van der Waals surface area (Å²) in [6.45, 7) is 2.39. The standard InChI is InChI=1S/C17H16N2O6S2/c1-3-25-10-4-6-13-15(8-10)26-17(18-13)19-27(22,23)11-5-7-14(24-2)12(9-11)16(20)21/h4-9H,3H2,1-2H3,(H,18,19)(H,20,21). The van der Waals surface area contributed by atoms with E-state index in [0.29, 0.717) is 17.9 Å². The molecule has 0 aliphatic carbocycles. The summed E-state index contributed by atoms with van der Waals surface area (Å²) in [6, 6.07) is 8.89. The topological polar surface area (TPSA) is 115 Å². The number of benzene rings is 2. The van der Waals surface area contributed by atoms with Gasteiger partial charge < -0.3 is 14.6 Å². The van der Waals surface area contributed by atoms with Crippen LogP contribution in [0.1, 0.15) is 17.3 Å². The van der Waals surface area contributed by atoms with Crippen LogP contribution in [0.3, 0.4) is 0 Å². The molecule has 3 aromatic rings. The molecule has 0 aliphatic heterocycles. The van der Waals surface area contributed by atoms with Crippen molar-refractivity contribution in [1.82, 2.24) is 4.98 Å². The second-order valence-corrected chi connectivity index (χ2v) is 8.07. The van der Waals surface area contributed by atoms with Crippen molar-refractivity contribution in [3.8, 4) is 11.5 Å². The lowest BCUT2D eigenvalue weighted by Crippen LogP contribution is -2.14. The zero-order valence-corrected chi connectivity index (χ0v) is 16.1. The fourth-order valence-corrected chi connectivity index (χ4v) is 4.56. The van der Waals surface area contributed by atoms with Crippen LogP contribution in [-0.2, 0) is 10.0 Å². The van der Waals surface area contributed by atoms with Crippen molar-refractivity contribution >= 4 is 42.7 Å². The monoisotopic (exact) mass is 408 g/mol. The largest absolute Gasteiger partial charge is 0.496 e. The second-order valence-electron chi connectivity index (χ2n) is 5.35. The minimum absolute atomic E-state index is 0.0740. The fourth-order valence-electron chi connectivity index (χ4n) is 2.40. The number of aromatic nitrogens is 1. The number of ether oxygens (including phenoxy) is 2. The minimum Gasteiger partial charge on any atom is -0.496 e. The van der Waals surface area contributed by atoms with Gasteiger partial charge in [0.05, 0.1) is 28.8 Å². The first kappa shape index (κ1) is 18.9. The van der Waals surface area contributed by atoms with Gasteiger partial charge >= 0.3 is 5.97 Å². The minimum atomic E-state index is -4.01. The number of nitrogens with one attached hydrogen (secondary N) is 1. The smallest absolute Gasteiger partial charge is 0.339 e. The summed E-state index contributed by atoms with van der Waals surface area (Å²) in [5.41, 5.74) is 0.383. The van der Waals surface area contributed by atoms with Gasteiger partial charge in [-0.1, -0.05) is 11.3 Å². The Morgan fingerprint density at radius 3 is 2.70 bits per heavy atom. The van der Waals surface area contributed by atoms with Gasteiger partial charge in [-0.05, 0) is 43.3 Å². The summed E-state index contributed by atoms with van der Waals surface area (Å²) >= 11 is 1.15. The van der Waals surface area contributed by atoms with Crippen LogP contribution in [0.4, 0.5) is 5.13 Å². The van der Waals surface area contributed by atoms with Crippen LogP contribution in [0.5, 0.6) is 11.5 Å². The van der Waals surface area contributed by atoms with Crippen LogP contribution in [0.25, 0.3) is 10.2 Å². The molecule has 1 aromatic heterocycles. The number of fused-ring (bicyclic) bond motifs is 1. The highest BCUT2D eigenvalue weighted by Gasteiger charge is 2.21. The van der Waals surface area contributed by atoms with Gasteiger partial charge in [0.1, 0.15) is 17.1 Å². The molecule has 0 spiro atoms. The zero-order valence-electron chi connectivity index (χ0n) is 14.4. The number of anilines is 1. The van der Waals surface area contributed by atoms with E-state index in [9.17, 15) is 18.3 Å². The first-order valence-electron chi connectivity index (χ1n) is 7.81. The molecule has 1 heterocycles. The average Bonchev–Trinajstić information content (AvgIpc) is 3.02. The van der Waals surface area contributed by atoms with Crippen molar-refractivity contribution in [2.75, 3.05) is 18.4 Å². The molecule has 2 N–H and O–H groups in total. The molecule has 0 fully saturated rings. The molecule has 2 aromatic carbocycles. The molecule has 0 unspecified atom stereocenters.